The molecule has 27 heavy (non-hydrogen) atoms. The van der Waals surface area contributed by atoms with Crippen molar-refractivity contribution in [2.45, 2.75) is 82.7 Å². The highest BCUT2D eigenvalue weighted by atomic mass is 28.4. The Morgan fingerprint density at radius 3 is 2.26 bits per heavy atom. The zero-order valence-electron chi connectivity index (χ0n) is 18.1. The SMILES string of the molecule is C=CCC1(CC=C)CC[C@H](CO[Si](C)(C)C(C)(C)C)N1Cc1ccccc1. The van der Waals surface area contributed by atoms with Gasteiger partial charge < -0.3 is 4.43 Å². The van der Waals surface area contributed by atoms with E-state index < -0.39 is 8.32 Å². The Bertz CT molecular complexity index is 607. The van der Waals surface area contributed by atoms with Crippen LogP contribution in [0.1, 0.15) is 52.0 Å². The molecule has 0 spiro atoms. The summed E-state index contributed by atoms with van der Waals surface area (Å²) in [5, 5.41) is 0.245. The lowest BCUT2D eigenvalue weighted by Gasteiger charge is -2.42. The molecule has 0 bridgehead atoms. The second-order valence-corrected chi connectivity index (χ2v) is 14.4. The third-order valence-corrected chi connectivity index (χ3v) is 11.2. The Labute approximate surface area is 168 Å². The highest BCUT2D eigenvalue weighted by molar-refractivity contribution is 6.74. The first-order valence-corrected chi connectivity index (χ1v) is 13.2. The van der Waals surface area contributed by atoms with Crippen molar-refractivity contribution in [2.75, 3.05) is 6.61 Å². The fourth-order valence-electron chi connectivity index (χ4n) is 3.95. The van der Waals surface area contributed by atoms with E-state index in [-0.39, 0.29) is 10.6 Å². The Hall–Kier alpha value is -1.16. The van der Waals surface area contributed by atoms with E-state index in [2.05, 4.69) is 94.4 Å². The van der Waals surface area contributed by atoms with E-state index in [1.807, 2.05) is 0 Å². The van der Waals surface area contributed by atoms with Gasteiger partial charge in [0, 0.05) is 24.7 Å². The van der Waals surface area contributed by atoms with E-state index in [9.17, 15) is 0 Å². The topological polar surface area (TPSA) is 12.5 Å². The predicted molar refractivity (Wildman–Crippen MR) is 121 cm³/mol. The van der Waals surface area contributed by atoms with Crippen LogP contribution in [0.2, 0.25) is 18.1 Å². The summed E-state index contributed by atoms with van der Waals surface area (Å²) >= 11 is 0. The number of hydrogen-bond acceptors (Lipinski definition) is 2. The van der Waals surface area contributed by atoms with Crippen molar-refractivity contribution < 1.29 is 4.43 Å². The molecular formula is C24H39NOSi. The minimum atomic E-state index is -1.74. The van der Waals surface area contributed by atoms with Crippen LogP contribution in [0.5, 0.6) is 0 Å². The minimum absolute atomic E-state index is 0.126. The monoisotopic (exact) mass is 385 g/mol. The van der Waals surface area contributed by atoms with Crippen molar-refractivity contribution in [3.63, 3.8) is 0 Å². The molecule has 1 fully saturated rings. The molecule has 1 aliphatic rings. The number of hydrogen-bond donors (Lipinski definition) is 0. The lowest BCUT2D eigenvalue weighted by Crippen LogP contribution is -2.50. The summed E-state index contributed by atoms with van der Waals surface area (Å²) in [5.41, 5.74) is 1.50. The van der Waals surface area contributed by atoms with Gasteiger partial charge in [0.15, 0.2) is 8.32 Å². The third kappa shape index (κ3) is 5.22. The molecule has 0 aromatic heterocycles. The molecule has 1 atom stereocenters. The molecule has 0 saturated carbocycles. The van der Waals surface area contributed by atoms with Crippen molar-refractivity contribution in [3.05, 3.63) is 61.2 Å². The zero-order valence-corrected chi connectivity index (χ0v) is 19.1. The first-order valence-electron chi connectivity index (χ1n) is 10.3. The molecule has 150 valence electrons. The zero-order chi connectivity index (χ0) is 20.1. The average Bonchev–Trinajstić information content (AvgIpc) is 2.91. The molecule has 0 radical (unpaired) electrons. The molecule has 0 amide bonds. The second-order valence-electron chi connectivity index (χ2n) is 9.59. The van der Waals surface area contributed by atoms with E-state index in [1.165, 1.54) is 18.4 Å². The Balaban J connectivity index is 2.24. The third-order valence-electron chi connectivity index (χ3n) is 6.68. The van der Waals surface area contributed by atoms with Crippen LogP contribution in [-0.2, 0) is 11.0 Å². The molecule has 0 aliphatic carbocycles. The highest BCUT2D eigenvalue weighted by Crippen LogP contribution is 2.42. The van der Waals surface area contributed by atoms with Crippen LogP contribution in [0.4, 0.5) is 0 Å². The molecule has 0 unspecified atom stereocenters. The summed E-state index contributed by atoms with van der Waals surface area (Å²) in [6.07, 6.45) is 8.54. The van der Waals surface area contributed by atoms with Crippen molar-refractivity contribution in [1.29, 1.82) is 0 Å². The normalized spacial score (nSPS) is 20.6. The minimum Gasteiger partial charge on any atom is -0.415 e. The number of benzene rings is 1. The van der Waals surface area contributed by atoms with E-state index >= 15 is 0 Å². The summed E-state index contributed by atoms with van der Waals surface area (Å²) < 4.78 is 6.64. The van der Waals surface area contributed by atoms with Gasteiger partial charge in [-0.1, -0.05) is 63.3 Å². The lowest BCUT2D eigenvalue weighted by atomic mass is 9.88. The van der Waals surface area contributed by atoms with Gasteiger partial charge in [0.1, 0.15) is 0 Å². The van der Waals surface area contributed by atoms with Crippen molar-refractivity contribution >= 4 is 8.32 Å². The fourth-order valence-corrected chi connectivity index (χ4v) is 4.99. The van der Waals surface area contributed by atoms with Crippen LogP contribution < -0.4 is 0 Å². The maximum atomic E-state index is 6.64. The van der Waals surface area contributed by atoms with Gasteiger partial charge >= 0.3 is 0 Å². The molecule has 1 aliphatic heterocycles. The summed E-state index contributed by atoms with van der Waals surface area (Å²) in [6, 6.07) is 11.3. The maximum Gasteiger partial charge on any atom is 0.192 e. The van der Waals surface area contributed by atoms with Crippen molar-refractivity contribution in [1.82, 2.24) is 4.90 Å². The van der Waals surface area contributed by atoms with Crippen LogP contribution >= 0.6 is 0 Å². The van der Waals surface area contributed by atoms with Gasteiger partial charge in [0.05, 0.1) is 0 Å². The van der Waals surface area contributed by atoms with Crippen molar-refractivity contribution in [3.8, 4) is 0 Å². The second kappa shape index (κ2) is 8.89. The smallest absolute Gasteiger partial charge is 0.192 e. The van der Waals surface area contributed by atoms with Crippen LogP contribution in [0.3, 0.4) is 0 Å². The summed E-state index contributed by atoms with van der Waals surface area (Å²) in [4.78, 5) is 2.69. The van der Waals surface area contributed by atoms with Crippen LogP contribution in [-0.4, -0.2) is 31.4 Å². The summed E-state index contributed by atoms with van der Waals surface area (Å²) in [7, 11) is -1.74. The molecule has 2 nitrogen and oxygen atoms in total. The number of nitrogens with zero attached hydrogens (tertiary/aromatic N) is 1. The van der Waals surface area contributed by atoms with E-state index in [0.717, 1.165) is 26.0 Å². The van der Waals surface area contributed by atoms with E-state index in [1.54, 1.807) is 0 Å². The first-order chi connectivity index (χ1) is 12.6. The predicted octanol–water partition coefficient (Wildman–Crippen LogP) is 6.56. The number of likely N-dealkylation sites (tertiary alicyclic amines) is 1. The molecule has 1 saturated heterocycles. The first kappa shape index (κ1) is 22.1. The van der Waals surface area contributed by atoms with Gasteiger partial charge in [-0.05, 0) is 49.4 Å². The molecule has 1 heterocycles. The van der Waals surface area contributed by atoms with E-state index in [4.69, 9.17) is 4.43 Å². The Morgan fingerprint density at radius 2 is 1.74 bits per heavy atom. The molecule has 0 N–H and O–H groups in total. The summed E-state index contributed by atoms with van der Waals surface area (Å²) in [6.45, 7) is 21.5. The molecule has 3 heteroatoms. The summed E-state index contributed by atoms with van der Waals surface area (Å²) in [5.74, 6) is 0. The highest BCUT2D eigenvalue weighted by Gasteiger charge is 2.46. The van der Waals surface area contributed by atoms with Gasteiger partial charge in [0.25, 0.3) is 0 Å². The van der Waals surface area contributed by atoms with Crippen LogP contribution in [0.25, 0.3) is 0 Å². The quantitative estimate of drug-likeness (QED) is 0.352. The van der Waals surface area contributed by atoms with Gasteiger partial charge in [-0.2, -0.15) is 0 Å². The molecule has 1 aromatic carbocycles. The van der Waals surface area contributed by atoms with Crippen LogP contribution in [0, 0.1) is 0 Å². The average molecular weight is 386 g/mol. The van der Waals surface area contributed by atoms with Gasteiger partial charge in [0.2, 0.25) is 0 Å². The van der Waals surface area contributed by atoms with Gasteiger partial charge in [-0.25, -0.2) is 0 Å². The van der Waals surface area contributed by atoms with Crippen molar-refractivity contribution in [2.24, 2.45) is 0 Å². The maximum absolute atomic E-state index is 6.64. The Kier molecular flexibility index (Phi) is 7.29. The number of rotatable bonds is 9. The fraction of sp³-hybridized carbons (Fsp3) is 0.583. The largest absolute Gasteiger partial charge is 0.415 e. The molecular weight excluding hydrogens is 346 g/mol. The van der Waals surface area contributed by atoms with Gasteiger partial charge in [-0.15, -0.1) is 13.2 Å². The molecule has 2 rings (SSSR count). The lowest BCUT2D eigenvalue weighted by molar-refractivity contribution is 0.0654. The Morgan fingerprint density at radius 1 is 1.15 bits per heavy atom. The van der Waals surface area contributed by atoms with Crippen LogP contribution in [0.15, 0.2) is 55.6 Å². The van der Waals surface area contributed by atoms with Gasteiger partial charge in [-0.3, -0.25) is 4.90 Å². The standard InChI is InChI=1S/C24H39NOSi/c1-8-16-24(17-9-2)18-15-22(20-26-27(6,7)23(3,4)5)25(24)19-21-13-11-10-12-14-21/h8-14,22H,1-2,15-20H2,3-7H3/t22-/m1/s1. The molecule has 1 aromatic rings. The van der Waals surface area contributed by atoms with E-state index in [0.29, 0.717) is 6.04 Å².